The summed E-state index contributed by atoms with van der Waals surface area (Å²) in [7, 11) is 0. The number of nitrogens with one attached hydrogen (secondary N) is 2. The van der Waals surface area contributed by atoms with Crippen molar-refractivity contribution in [3.05, 3.63) is 35.2 Å². The van der Waals surface area contributed by atoms with Crippen molar-refractivity contribution >= 4 is 5.69 Å². The predicted molar refractivity (Wildman–Crippen MR) is 65.0 cm³/mol. The van der Waals surface area contributed by atoms with Crippen molar-refractivity contribution in [3.63, 3.8) is 0 Å². The van der Waals surface area contributed by atoms with Gasteiger partial charge in [-0.3, -0.25) is 5.43 Å². The molecule has 1 saturated carbocycles. The largest absolute Gasteiger partial charge is 0.382 e. The molecule has 2 N–H and O–H groups in total. The molecule has 2 unspecified atom stereocenters. The first-order valence-electron chi connectivity index (χ1n) is 5.78. The molecule has 4 heteroatoms. The van der Waals surface area contributed by atoms with Crippen LogP contribution in [0, 0.1) is 4.91 Å². The van der Waals surface area contributed by atoms with Gasteiger partial charge in [-0.05, 0) is 37.8 Å². The van der Waals surface area contributed by atoms with E-state index in [0.717, 1.165) is 31.4 Å². The van der Waals surface area contributed by atoms with Crippen LogP contribution in [0.25, 0.3) is 0 Å². The Morgan fingerprint density at radius 2 is 1.88 bits per heavy atom. The molecular weight excluding hydrogens is 202 g/mol. The van der Waals surface area contributed by atoms with Gasteiger partial charge in [-0.15, -0.1) is 4.91 Å². The van der Waals surface area contributed by atoms with Gasteiger partial charge in [-0.25, -0.2) is 0 Å². The highest BCUT2D eigenvalue weighted by molar-refractivity contribution is 5.43. The van der Waals surface area contributed by atoms with Crippen LogP contribution in [0.5, 0.6) is 0 Å². The van der Waals surface area contributed by atoms with E-state index in [1.807, 2.05) is 18.2 Å². The molecule has 0 saturated heterocycles. The summed E-state index contributed by atoms with van der Waals surface area (Å²) in [6.07, 6.45) is 4.29. The third-order valence-electron chi connectivity index (χ3n) is 3.05. The minimum absolute atomic E-state index is 0.229. The van der Waals surface area contributed by atoms with Crippen LogP contribution in [-0.4, -0.2) is 12.1 Å². The minimum atomic E-state index is 0.229. The van der Waals surface area contributed by atoms with Crippen LogP contribution in [0.2, 0.25) is 0 Å². The van der Waals surface area contributed by atoms with Gasteiger partial charge in [-0.2, -0.15) is 0 Å². The van der Waals surface area contributed by atoms with Crippen molar-refractivity contribution in [2.75, 3.05) is 5.32 Å². The van der Waals surface area contributed by atoms with Gasteiger partial charge in [0, 0.05) is 23.1 Å². The Morgan fingerprint density at radius 1 is 1.12 bits per heavy atom. The van der Waals surface area contributed by atoms with E-state index in [1.165, 1.54) is 0 Å². The number of para-hydroxylation sites is 1. The Morgan fingerprint density at radius 3 is 2.62 bits per heavy atom. The maximum absolute atomic E-state index is 10.2. The lowest BCUT2D eigenvalue weighted by molar-refractivity contribution is 0.356. The van der Waals surface area contributed by atoms with Crippen molar-refractivity contribution in [2.24, 2.45) is 5.29 Å². The summed E-state index contributed by atoms with van der Waals surface area (Å²) in [6, 6.07) is 10.8. The van der Waals surface area contributed by atoms with E-state index in [1.54, 1.807) is 0 Å². The zero-order valence-electron chi connectivity index (χ0n) is 9.23. The van der Waals surface area contributed by atoms with Gasteiger partial charge in [0.05, 0.1) is 0 Å². The van der Waals surface area contributed by atoms with Crippen molar-refractivity contribution in [2.45, 2.75) is 37.8 Å². The number of hydrogen-bond donors (Lipinski definition) is 2. The highest BCUT2D eigenvalue weighted by Crippen LogP contribution is 2.22. The van der Waals surface area contributed by atoms with Gasteiger partial charge in [0.25, 0.3) is 0 Å². The second-order valence-electron chi connectivity index (χ2n) is 4.29. The Balaban J connectivity index is 1.88. The summed E-state index contributed by atoms with van der Waals surface area (Å²) in [5.74, 6) is 0. The molecule has 1 aromatic carbocycles. The minimum Gasteiger partial charge on any atom is -0.382 e. The molecule has 2 atom stereocenters. The van der Waals surface area contributed by atoms with E-state index in [4.69, 9.17) is 0 Å². The van der Waals surface area contributed by atoms with Crippen molar-refractivity contribution < 1.29 is 0 Å². The van der Waals surface area contributed by atoms with E-state index >= 15 is 0 Å². The number of hydrogen-bond acceptors (Lipinski definition) is 3. The average molecular weight is 219 g/mol. The van der Waals surface area contributed by atoms with Crippen molar-refractivity contribution in [1.82, 2.24) is 5.43 Å². The first-order chi connectivity index (χ1) is 7.88. The highest BCUT2D eigenvalue weighted by atomic mass is 16.3. The number of rotatable bonds is 4. The molecule has 1 aliphatic carbocycles. The predicted octanol–water partition coefficient (Wildman–Crippen LogP) is 2.68. The van der Waals surface area contributed by atoms with E-state index in [-0.39, 0.29) is 6.04 Å². The average Bonchev–Trinajstić information content (AvgIpc) is 2.31. The Bertz CT molecular complexity index is 328. The third kappa shape index (κ3) is 2.95. The molecule has 0 radical (unpaired) electrons. The number of benzene rings is 1. The molecule has 86 valence electrons. The molecule has 0 heterocycles. The highest BCUT2D eigenvalue weighted by Gasteiger charge is 2.21. The van der Waals surface area contributed by atoms with E-state index < -0.39 is 0 Å². The molecule has 0 aliphatic heterocycles. The van der Waals surface area contributed by atoms with Crippen molar-refractivity contribution in [1.29, 1.82) is 0 Å². The van der Waals surface area contributed by atoms with Crippen LogP contribution < -0.4 is 10.7 Å². The molecule has 0 amide bonds. The summed E-state index contributed by atoms with van der Waals surface area (Å²) >= 11 is 0. The van der Waals surface area contributed by atoms with Gasteiger partial charge >= 0.3 is 0 Å². The van der Waals surface area contributed by atoms with Crippen LogP contribution >= 0.6 is 0 Å². The number of anilines is 1. The van der Waals surface area contributed by atoms with Gasteiger partial charge in [0.1, 0.15) is 0 Å². The quantitative estimate of drug-likeness (QED) is 0.604. The molecule has 4 nitrogen and oxygen atoms in total. The smallest absolute Gasteiger partial charge is 0.0499 e. The van der Waals surface area contributed by atoms with Gasteiger partial charge in [0.15, 0.2) is 0 Å². The van der Waals surface area contributed by atoms with Gasteiger partial charge in [-0.1, -0.05) is 18.2 Å². The number of nitroso groups, excluding NO2 is 1. The molecule has 0 spiro atoms. The summed E-state index contributed by atoms with van der Waals surface area (Å²) in [4.78, 5) is 10.2. The van der Waals surface area contributed by atoms with Crippen LogP contribution in [0.4, 0.5) is 5.69 Å². The molecule has 1 fully saturated rings. The summed E-state index contributed by atoms with van der Waals surface area (Å²) in [5.41, 5.74) is 3.78. The Hall–Kier alpha value is -1.58. The zero-order chi connectivity index (χ0) is 11.2. The first-order valence-corrected chi connectivity index (χ1v) is 5.78. The maximum atomic E-state index is 10.2. The van der Waals surface area contributed by atoms with E-state index in [9.17, 15) is 4.91 Å². The lowest BCUT2D eigenvalue weighted by Gasteiger charge is -2.29. The van der Waals surface area contributed by atoms with Crippen LogP contribution in [0.15, 0.2) is 35.6 Å². The summed E-state index contributed by atoms with van der Waals surface area (Å²) in [6.45, 7) is 0. The molecule has 1 aromatic rings. The van der Waals surface area contributed by atoms with Crippen molar-refractivity contribution in [3.8, 4) is 0 Å². The fourth-order valence-electron chi connectivity index (χ4n) is 2.28. The standard InChI is InChI=1S/C12H17N3O/c16-15-14-12-8-4-7-11(9-12)13-10-5-2-1-3-6-10/h1-3,5-6,11-13H,4,7-9H2,(H,14,16). The van der Waals surface area contributed by atoms with E-state index in [2.05, 4.69) is 28.2 Å². The molecule has 0 bridgehead atoms. The lowest BCUT2D eigenvalue weighted by atomic mass is 9.91. The molecule has 0 aromatic heterocycles. The second kappa shape index (κ2) is 5.49. The lowest BCUT2D eigenvalue weighted by Crippen LogP contribution is -2.36. The monoisotopic (exact) mass is 219 g/mol. The summed E-state index contributed by atoms with van der Waals surface area (Å²) < 4.78 is 0. The second-order valence-corrected chi connectivity index (χ2v) is 4.29. The fraction of sp³-hybridized carbons (Fsp3) is 0.500. The topological polar surface area (TPSA) is 53.5 Å². The number of nitrogens with zero attached hydrogens (tertiary/aromatic N) is 1. The van der Waals surface area contributed by atoms with Gasteiger partial charge in [0.2, 0.25) is 0 Å². The van der Waals surface area contributed by atoms with E-state index in [0.29, 0.717) is 6.04 Å². The van der Waals surface area contributed by atoms with Gasteiger partial charge < -0.3 is 5.32 Å². The van der Waals surface area contributed by atoms with Crippen LogP contribution in [-0.2, 0) is 0 Å². The zero-order valence-corrected chi connectivity index (χ0v) is 9.23. The molecular formula is C12H17N3O. The fourth-order valence-corrected chi connectivity index (χ4v) is 2.28. The molecule has 2 rings (SSSR count). The molecule has 1 aliphatic rings. The van der Waals surface area contributed by atoms with Crippen LogP contribution in [0.3, 0.4) is 0 Å². The normalized spacial score (nSPS) is 24.8. The molecule has 16 heavy (non-hydrogen) atoms. The third-order valence-corrected chi connectivity index (χ3v) is 3.05. The Kier molecular flexibility index (Phi) is 3.75. The Labute approximate surface area is 95.4 Å². The summed E-state index contributed by atoms with van der Waals surface area (Å²) in [5, 5.41) is 6.26. The van der Waals surface area contributed by atoms with Crippen LogP contribution in [0.1, 0.15) is 25.7 Å². The SMILES string of the molecule is O=NNC1CCCC(Nc2ccccc2)C1. The maximum Gasteiger partial charge on any atom is 0.0499 e. The first kappa shape index (κ1) is 10.9.